The first-order chi connectivity index (χ1) is 8.81. The van der Waals surface area contributed by atoms with Gasteiger partial charge in [-0.3, -0.25) is 0 Å². The van der Waals surface area contributed by atoms with Gasteiger partial charge in [0.1, 0.15) is 5.75 Å². The Morgan fingerprint density at radius 3 is 2.47 bits per heavy atom. The van der Waals surface area contributed by atoms with E-state index in [4.69, 9.17) is 4.74 Å². The average molecular weight is 261 g/mol. The molecular formula is C16H23NO2. The number of hydrogen-bond donors (Lipinski definition) is 1. The maximum Gasteiger partial charge on any atom is 0.120 e. The van der Waals surface area contributed by atoms with Crippen molar-refractivity contribution in [1.82, 2.24) is 4.57 Å². The zero-order chi connectivity index (χ0) is 14.2. The van der Waals surface area contributed by atoms with Gasteiger partial charge in [0, 0.05) is 29.6 Å². The van der Waals surface area contributed by atoms with E-state index in [1.54, 1.807) is 7.11 Å². The average Bonchev–Trinajstić information content (AvgIpc) is 2.62. The molecule has 1 heterocycles. The van der Waals surface area contributed by atoms with E-state index in [2.05, 4.69) is 36.6 Å². The van der Waals surface area contributed by atoms with Crippen LogP contribution in [0.4, 0.5) is 0 Å². The second kappa shape index (κ2) is 4.89. The smallest absolute Gasteiger partial charge is 0.120 e. The Balaban J connectivity index is 2.61. The number of ether oxygens (including phenoxy) is 1. The van der Waals surface area contributed by atoms with Gasteiger partial charge in [-0.05, 0) is 45.9 Å². The van der Waals surface area contributed by atoms with Crippen LogP contribution in [0.25, 0.3) is 10.9 Å². The summed E-state index contributed by atoms with van der Waals surface area (Å²) in [5.41, 5.74) is 1.62. The first kappa shape index (κ1) is 13.9. The molecule has 0 aliphatic carbocycles. The molecule has 0 radical (unpaired) electrons. The molecule has 0 amide bonds. The molecule has 1 aromatic carbocycles. The van der Waals surface area contributed by atoms with Crippen LogP contribution in [0.15, 0.2) is 24.3 Å². The maximum absolute atomic E-state index is 10.1. The maximum atomic E-state index is 10.1. The minimum Gasteiger partial charge on any atom is -0.497 e. The van der Waals surface area contributed by atoms with E-state index in [1.807, 2.05) is 19.9 Å². The minimum atomic E-state index is -0.703. The number of hydrogen-bond acceptors (Lipinski definition) is 2. The van der Waals surface area contributed by atoms with E-state index in [-0.39, 0.29) is 0 Å². The number of nitrogens with zero attached hydrogens (tertiary/aromatic N) is 1. The molecular weight excluding hydrogens is 238 g/mol. The summed E-state index contributed by atoms with van der Waals surface area (Å²) in [6.45, 7) is 8.01. The van der Waals surface area contributed by atoms with Gasteiger partial charge in [0.15, 0.2) is 0 Å². The molecule has 1 N–H and O–H groups in total. The summed E-state index contributed by atoms with van der Waals surface area (Å²) < 4.78 is 7.58. The van der Waals surface area contributed by atoms with Crippen LogP contribution in [0.1, 0.15) is 39.4 Å². The van der Waals surface area contributed by atoms with Crippen molar-refractivity contribution in [2.24, 2.45) is 0 Å². The van der Waals surface area contributed by atoms with Crippen LogP contribution in [-0.4, -0.2) is 22.4 Å². The molecule has 104 valence electrons. The summed E-state index contributed by atoms with van der Waals surface area (Å²) in [6, 6.07) is 8.61. The van der Waals surface area contributed by atoms with Crippen molar-refractivity contribution in [3.05, 3.63) is 30.0 Å². The van der Waals surface area contributed by atoms with Crippen LogP contribution in [0.5, 0.6) is 5.75 Å². The van der Waals surface area contributed by atoms with Crippen LogP contribution < -0.4 is 4.74 Å². The Bertz CT molecular complexity index is 576. The third-order valence-corrected chi connectivity index (χ3v) is 3.26. The molecule has 0 atom stereocenters. The van der Waals surface area contributed by atoms with Crippen LogP contribution in [-0.2, 0) is 6.42 Å². The van der Waals surface area contributed by atoms with Gasteiger partial charge in [-0.15, -0.1) is 0 Å². The Kier molecular flexibility index (Phi) is 3.59. The molecule has 0 aliphatic rings. The molecule has 1 aromatic heterocycles. The van der Waals surface area contributed by atoms with E-state index < -0.39 is 5.60 Å². The number of methoxy groups -OCH3 is 1. The fraction of sp³-hybridized carbons (Fsp3) is 0.500. The van der Waals surface area contributed by atoms with E-state index in [9.17, 15) is 5.11 Å². The van der Waals surface area contributed by atoms with Crippen molar-refractivity contribution in [3.63, 3.8) is 0 Å². The van der Waals surface area contributed by atoms with Crippen molar-refractivity contribution in [2.45, 2.75) is 45.8 Å². The lowest BCUT2D eigenvalue weighted by Crippen LogP contribution is -2.24. The van der Waals surface area contributed by atoms with Gasteiger partial charge in [-0.1, -0.05) is 0 Å². The monoisotopic (exact) mass is 261 g/mol. The SMILES string of the molecule is COc1ccc2cc(CC(C)(C)O)n(C(C)C)c2c1. The first-order valence-electron chi connectivity index (χ1n) is 6.72. The van der Waals surface area contributed by atoms with Crippen LogP contribution in [0.3, 0.4) is 0 Å². The normalized spacial score (nSPS) is 12.4. The molecule has 0 unspecified atom stereocenters. The molecule has 19 heavy (non-hydrogen) atoms. The van der Waals surface area contributed by atoms with Crippen LogP contribution in [0, 0.1) is 0 Å². The number of rotatable bonds is 4. The molecule has 3 nitrogen and oxygen atoms in total. The topological polar surface area (TPSA) is 34.4 Å². The summed E-state index contributed by atoms with van der Waals surface area (Å²) in [4.78, 5) is 0. The fourth-order valence-electron chi connectivity index (χ4n) is 2.57. The molecule has 0 aliphatic heterocycles. The summed E-state index contributed by atoms with van der Waals surface area (Å²) in [5, 5.41) is 11.3. The molecule has 0 spiro atoms. The van der Waals surface area contributed by atoms with Crippen molar-refractivity contribution in [3.8, 4) is 5.75 Å². The third kappa shape index (κ3) is 2.92. The van der Waals surface area contributed by atoms with Crippen molar-refractivity contribution < 1.29 is 9.84 Å². The molecule has 0 saturated heterocycles. The first-order valence-corrected chi connectivity index (χ1v) is 6.72. The largest absolute Gasteiger partial charge is 0.497 e. The Labute approximate surface area is 114 Å². The minimum absolute atomic E-state index is 0.349. The van der Waals surface area contributed by atoms with E-state index in [1.165, 1.54) is 5.39 Å². The second-order valence-electron chi connectivity index (χ2n) is 6.01. The van der Waals surface area contributed by atoms with Crippen molar-refractivity contribution in [1.29, 1.82) is 0 Å². The van der Waals surface area contributed by atoms with E-state index in [0.717, 1.165) is 17.0 Å². The molecule has 0 saturated carbocycles. The van der Waals surface area contributed by atoms with Crippen LogP contribution >= 0.6 is 0 Å². The van der Waals surface area contributed by atoms with Gasteiger partial charge in [-0.25, -0.2) is 0 Å². The van der Waals surface area contributed by atoms with E-state index in [0.29, 0.717) is 12.5 Å². The molecule has 2 rings (SSSR count). The molecule has 3 heteroatoms. The number of fused-ring (bicyclic) bond motifs is 1. The number of aliphatic hydroxyl groups is 1. The summed E-state index contributed by atoms with van der Waals surface area (Å²) in [5.74, 6) is 0.863. The predicted octanol–water partition coefficient (Wildman–Crippen LogP) is 3.54. The fourth-order valence-corrected chi connectivity index (χ4v) is 2.57. The Morgan fingerprint density at radius 2 is 1.95 bits per heavy atom. The summed E-state index contributed by atoms with van der Waals surface area (Å²) >= 11 is 0. The third-order valence-electron chi connectivity index (χ3n) is 3.26. The summed E-state index contributed by atoms with van der Waals surface area (Å²) in [6.07, 6.45) is 0.641. The van der Waals surface area contributed by atoms with Crippen molar-refractivity contribution in [2.75, 3.05) is 7.11 Å². The molecule has 0 fully saturated rings. The highest BCUT2D eigenvalue weighted by Crippen LogP contribution is 2.29. The van der Waals surface area contributed by atoms with Gasteiger partial charge in [0.25, 0.3) is 0 Å². The van der Waals surface area contributed by atoms with Gasteiger partial charge in [0.2, 0.25) is 0 Å². The second-order valence-corrected chi connectivity index (χ2v) is 6.01. The Morgan fingerprint density at radius 1 is 1.26 bits per heavy atom. The van der Waals surface area contributed by atoms with Crippen molar-refractivity contribution >= 4 is 10.9 Å². The number of aromatic nitrogens is 1. The molecule has 0 bridgehead atoms. The van der Waals surface area contributed by atoms with E-state index >= 15 is 0 Å². The molecule has 2 aromatic rings. The highest BCUT2D eigenvalue weighted by molar-refractivity contribution is 5.83. The summed E-state index contributed by atoms with van der Waals surface area (Å²) in [7, 11) is 1.68. The zero-order valence-corrected chi connectivity index (χ0v) is 12.4. The zero-order valence-electron chi connectivity index (χ0n) is 12.4. The lowest BCUT2D eigenvalue weighted by atomic mass is 10.0. The quantitative estimate of drug-likeness (QED) is 0.913. The lowest BCUT2D eigenvalue weighted by Gasteiger charge is -2.21. The van der Waals surface area contributed by atoms with Gasteiger partial charge in [0.05, 0.1) is 18.2 Å². The standard InChI is InChI=1S/C16H23NO2/c1-11(2)17-13(10-16(3,4)18)8-12-6-7-14(19-5)9-15(12)17/h6-9,11,18H,10H2,1-5H3. The van der Waals surface area contributed by atoms with Crippen LogP contribution in [0.2, 0.25) is 0 Å². The van der Waals surface area contributed by atoms with Gasteiger partial charge in [-0.2, -0.15) is 0 Å². The lowest BCUT2D eigenvalue weighted by molar-refractivity contribution is 0.0789. The highest BCUT2D eigenvalue weighted by Gasteiger charge is 2.19. The van der Waals surface area contributed by atoms with Gasteiger partial charge >= 0.3 is 0 Å². The van der Waals surface area contributed by atoms with Gasteiger partial charge < -0.3 is 14.4 Å². The number of benzene rings is 1. The Hall–Kier alpha value is -1.48. The predicted molar refractivity (Wildman–Crippen MR) is 78.9 cm³/mol. The highest BCUT2D eigenvalue weighted by atomic mass is 16.5.